The van der Waals surface area contributed by atoms with Gasteiger partial charge < -0.3 is 10.4 Å². The maximum Gasteiger partial charge on any atom is 0.143 e. The van der Waals surface area contributed by atoms with Crippen LogP contribution < -0.4 is 5.32 Å². The van der Waals surface area contributed by atoms with Gasteiger partial charge in [0.2, 0.25) is 0 Å². The molecule has 0 bridgehead atoms. The van der Waals surface area contributed by atoms with Crippen LogP contribution >= 0.6 is 56.7 Å². The number of benzene rings is 1. The lowest BCUT2D eigenvalue weighted by Gasteiger charge is -2.33. The van der Waals surface area contributed by atoms with Crippen LogP contribution in [0, 0.1) is 0 Å². The molecule has 1 aromatic carbocycles. The normalized spacial score (nSPS) is 16.9. The number of phenols is 1. The van der Waals surface area contributed by atoms with Crippen molar-refractivity contribution < 1.29 is 9.50 Å². The number of hydrogen-bond donors (Lipinski definition) is 2. The molecule has 1 fully saturated rings. The summed E-state index contributed by atoms with van der Waals surface area (Å²) < 4.78 is 14.5. The molecule has 3 nitrogen and oxygen atoms in total. The average molecular weight is 455 g/mol. The highest BCUT2D eigenvalue weighted by atomic mass is 79.9. The third-order valence-electron chi connectivity index (χ3n) is 3.16. The molecular weight excluding hydrogens is 438 g/mol. The molecule has 1 aliphatic heterocycles. The monoisotopic (exact) mass is 452 g/mol. The summed E-state index contributed by atoms with van der Waals surface area (Å²) in [5.74, 6) is 0.150. The van der Waals surface area contributed by atoms with Crippen LogP contribution in [-0.4, -0.2) is 42.9 Å². The van der Waals surface area contributed by atoms with Crippen LogP contribution in [0.25, 0.3) is 0 Å². The van der Waals surface area contributed by atoms with Gasteiger partial charge in [-0.05, 0) is 49.6 Å². The van der Waals surface area contributed by atoms with E-state index in [4.69, 9.17) is 0 Å². The molecule has 116 valence electrons. The molecule has 0 aromatic heterocycles. The molecule has 1 saturated heterocycles. The Morgan fingerprint density at radius 2 is 1.70 bits per heavy atom. The summed E-state index contributed by atoms with van der Waals surface area (Å²) >= 11 is 6.57. The first-order valence-corrected chi connectivity index (χ1v) is 7.40. The van der Waals surface area contributed by atoms with E-state index in [1.807, 2.05) is 0 Å². The van der Waals surface area contributed by atoms with E-state index < -0.39 is 6.67 Å². The number of halogens is 5. The Morgan fingerprint density at radius 1 is 1.20 bits per heavy atom. The molecule has 2 N–H and O–H groups in total. The Balaban J connectivity index is 0.00000180. The topological polar surface area (TPSA) is 35.5 Å². The van der Waals surface area contributed by atoms with Gasteiger partial charge in [0.15, 0.2) is 0 Å². The minimum Gasteiger partial charge on any atom is -0.506 e. The van der Waals surface area contributed by atoms with E-state index in [9.17, 15) is 9.50 Å². The van der Waals surface area contributed by atoms with Crippen LogP contribution in [-0.2, 0) is 0 Å². The summed E-state index contributed by atoms with van der Waals surface area (Å²) in [5, 5.41) is 12.9. The Hall–Kier alpha value is 0.410. The Kier molecular flexibility index (Phi) is 9.63. The zero-order valence-electron chi connectivity index (χ0n) is 10.6. The minimum atomic E-state index is -0.427. The highest BCUT2D eigenvalue weighted by Gasteiger charge is 2.23. The van der Waals surface area contributed by atoms with Crippen LogP contribution in [0.15, 0.2) is 21.1 Å². The summed E-state index contributed by atoms with van der Waals surface area (Å²) in [4.78, 5) is 2.13. The lowest BCUT2D eigenvalue weighted by atomic mass is 10.1. The van der Waals surface area contributed by atoms with E-state index in [0.717, 1.165) is 31.7 Å². The summed E-state index contributed by atoms with van der Waals surface area (Å²) in [6.07, 6.45) is 0. The quantitative estimate of drug-likeness (QED) is 0.731. The largest absolute Gasteiger partial charge is 0.506 e. The van der Waals surface area contributed by atoms with Crippen LogP contribution in [0.4, 0.5) is 4.39 Å². The number of aromatic hydroxyl groups is 1. The van der Waals surface area contributed by atoms with Crippen LogP contribution in [0.1, 0.15) is 11.6 Å². The zero-order chi connectivity index (χ0) is 13.1. The second kappa shape index (κ2) is 9.43. The predicted molar refractivity (Wildman–Crippen MR) is 91.2 cm³/mol. The van der Waals surface area contributed by atoms with E-state index in [0.29, 0.717) is 8.95 Å². The van der Waals surface area contributed by atoms with Crippen molar-refractivity contribution in [3.05, 3.63) is 26.6 Å². The molecule has 0 radical (unpaired) electrons. The van der Waals surface area contributed by atoms with Gasteiger partial charge in [-0.1, -0.05) is 0 Å². The van der Waals surface area contributed by atoms with E-state index in [1.165, 1.54) is 0 Å². The molecule has 0 saturated carbocycles. The van der Waals surface area contributed by atoms with Gasteiger partial charge in [0.1, 0.15) is 12.4 Å². The molecule has 0 spiro atoms. The van der Waals surface area contributed by atoms with Crippen molar-refractivity contribution in [2.24, 2.45) is 0 Å². The van der Waals surface area contributed by atoms with Crippen molar-refractivity contribution in [1.82, 2.24) is 10.2 Å². The molecule has 1 heterocycles. The number of hydrogen-bond acceptors (Lipinski definition) is 3. The predicted octanol–water partition coefficient (Wildman–Crippen LogP) is 3.68. The Bertz CT molecular complexity index is 411. The third-order valence-corrected chi connectivity index (χ3v) is 4.37. The lowest BCUT2D eigenvalue weighted by Crippen LogP contribution is -2.45. The van der Waals surface area contributed by atoms with Gasteiger partial charge in [-0.15, -0.1) is 24.8 Å². The first-order valence-electron chi connectivity index (χ1n) is 5.82. The van der Waals surface area contributed by atoms with E-state index in [2.05, 4.69) is 42.1 Å². The Labute approximate surface area is 147 Å². The van der Waals surface area contributed by atoms with Gasteiger partial charge in [-0.3, -0.25) is 4.90 Å². The highest BCUT2D eigenvalue weighted by Crippen LogP contribution is 2.36. The number of piperazine rings is 1. The fourth-order valence-electron chi connectivity index (χ4n) is 2.17. The third kappa shape index (κ3) is 4.71. The molecule has 20 heavy (non-hydrogen) atoms. The van der Waals surface area contributed by atoms with E-state index >= 15 is 0 Å². The number of phenolic OH excluding ortho intramolecular Hbond substituents is 1. The molecule has 8 heteroatoms. The number of nitrogens with one attached hydrogen (secondary N) is 1. The van der Waals surface area contributed by atoms with Gasteiger partial charge >= 0.3 is 0 Å². The molecule has 0 aliphatic carbocycles. The molecule has 1 aromatic rings. The lowest BCUT2D eigenvalue weighted by molar-refractivity contribution is 0.147. The standard InChI is InChI=1S/C12H15Br2FN2O.2ClH/c13-9-5-8(6-10(14)12(9)18)11(7-15)17-3-1-16-2-4-17;;/h5-6,11,16,18H,1-4,7H2;2*1H/t11-;;/m1../s1. The Morgan fingerprint density at radius 3 is 2.15 bits per heavy atom. The summed E-state index contributed by atoms with van der Waals surface area (Å²) in [6, 6.07) is 3.32. The van der Waals surface area contributed by atoms with Gasteiger partial charge in [0.05, 0.1) is 15.0 Å². The van der Waals surface area contributed by atoms with Crippen LogP contribution in [0.2, 0.25) is 0 Å². The molecule has 2 rings (SSSR count). The average Bonchev–Trinajstić information content (AvgIpc) is 2.38. The van der Waals surface area contributed by atoms with Crippen molar-refractivity contribution >= 4 is 56.7 Å². The van der Waals surface area contributed by atoms with Crippen molar-refractivity contribution in [3.8, 4) is 5.75 Å². The molecule has 0 unspecified atom stereocenters. The SMILES string of the molecule is Cl.Cl.Oc1c(Br)cc([C@@H](CF)N2CCNCC2)cc1Br. The van der Waals surface area contributed by atoms with Gasteiger partial charge in [0, 0.05) is 26.2 Å². The summed E-state index contributed by atoms with van der Waals surface area (Å²) in [7, 11) is 0. The second-order valence-electron chi connectivity index (χ2n) is 4.29. The molecular formula is C12H17Br2Cl2FN2O. The highest BCUT2D eigenvalue weighted by molar-refractivity contribution is 9.11. The number of alkyl halides is 1. The van der Waals surface area contributed by atoms with Crippen LogP contribution in [0.5, 0.6) is 5.75 Å². The molecule has 1 atom stereocenters. The van der Waals surface area contributed by atoms with Crippen LogP contribution in [0.3, 0.4) is 0 Å². The molecule has 1 aliphatic rings. The minimum absolute atomic E-state index is 0. The van der Waals surface area contributed by atoms with E-state index in [-0.39, 0.29) is 36.6 Å². The van der Waals surface area contributed by atoms with Gasteiger partial charge in [-0.25, -0.2) is 4.39 Å². The smallest absolute Gasteiger partial charge is 0.143 e. The first kappa shape index (κ1) is 20.4. The number of rotatable bonds is 3. The fraction of sp³-hybridized carbons (Fsp3) is 0.500. The van der Waals surface area contributed by atoms with Crippen molar-refractivity contribution in [2.75, 3.05) is 32.9 Å². The summed E-state index contributed by atoms with van der Waals surface area (Å²) in [5.41, 5.74) is 0.871. The molecule has 0 amide bonds. The fourth-order valence-corrected chi connectivity index (χ4v) is 3.39. The van der Waals surface area contributed by atoms with Gasteiger partial charge in [0.25, 0.3) is 0 Å². The first-order chi connectivity index (χ1) is 8.63. The summed E-state index contributed by atoms with van der Waals surface area (Å²) in [6.45, 7) is 3.02. The maximum atomic E-state index is 13.3. The van der Waals surface area contributed by atoms with Crippen molar-refractivity contribution in [3.63, 3.8) is 0 Å². The maximum absolute atomic E-state index is 13.3. The van der Waals surface area contributed by atoms with Crippen molar-refractivity contribution in [2.45, 2.75) is 6.04 Å². The van der Waals surface area contributed by atoms with Gasteiger partial charge in [-0.2, -0.15) is 0 Å². The van der Waals surface area contributed by atoms with Crippen molar-refractivity contribution in [1.29, 1.82) is 0 Å². The number of nitrogens with zero attached hydrogens (tertiary/aromatic N) is 1. The van der Waals surface area contributed by atoms with E-state index in [1.54, 1.807) is 12.1 Å². The zero-order valence-corrected chi connectivity index (χ0v) is 15.4. The second-order valence-corrected chi connectivity index (χ2v) is 6.00.